The lowest BCUT2D eigenvalue weighted by Gasteiger charge is -2.12. The van der Waals surface area contributed by atoms with Gasteiger partial charge >= 0.3 is 0 Å². The number of H-pyrrole nitrogens is 1. The lowest BCUT2D eigenvalue weighted by atomic mass is 10.1. The lowest BCUT2D eigenvalue weighted by Crippen LogP contribution is -1.97. The SMILES string of the molecule is c1ccc(-c2cc3c4ccccc4ccc3n2-c2cccc(-c3nn[nH]n3)c2)cc1. The molecule has 142 valence electrons. The smallest absolute Gasteiger partial charge is 0.204 e. The molecule has 4 aromatic carbocycles. The number of nitrogens with zero attached hydrogens (tertiary/aromatic N) is 4. The van der Waals surface area contributed by atoms with Crippen molar-refractivity contribution in [3.63, 3.8) is 0 Å². The number of hydrogen-bond acceptors (Lipinski definition) is 3. The van der Waals surface area contributed by atoms with Crippen molar-refractivity contribution in [3.05, 3.63) is 97.1 Å². The molecule has 0 aliphatic rings. The summed E-state index contributed by atoms with van der Waals surface area (Å²) in [6.45, 7) is 0. The van der Waals surface area contributed by atoms with Crippen molar-refractivity contribution in [2.75, 3.05) is 0 Å². The Balaban J connectivity index is 1.68. The zero-order chi connectivity index (χ0) is 19.9. The molecule has 0 fully saturated rings. The Bertz CT molecular complexity index is 1480. The Kier molecular flexibility index (Phi) is 3.71. The monoisotopic (exact) mass is 387 g/mol. The molecule has 5 heteroatoms. The lowest BCUT2D eigenvalue weighted by molar-refractivity contribution is 0.881. The fraction of sp³-hybridized carbons (Fsp3) is 0. The predicted molar refractivity (Wildman–Crippen MR) is 119 cm³/mol. The van der Waals surface area contributed by atoms with Crippen LogP contribution in [0, 0.1) is 0 Å². The molecule has 30 heavy (non-hydrogen) atoms. The summed E-state index contributed by atoms with van der Waals surface area (Å²) in [5.74, 6) is 0.583. The first kappa shape index (κ1) is 16.7. The van der Waals surface area contributed by atoms with Crippen LogP contribution in [0.25, 0.3) is 50.0 Å². The van der Waals surface area contributed by atoms with Crippen molar-refractivity contribution in [2.24, 2.45) is 0 Å². The van der Waals surface area contributed by atoms with Crippen LogP contribution in [0.4, 0.5) is 0 Å². The first-order chi connectivity index (χ1) is 14.9. The predicted octanol–water partition coefficient (Wildman–Crippen LogP) is 5.63. The van der Waals surface area contributed by atoms with E-state index in [9.17, 15) is 0 Å². The molecule has 0 bridgehead atoms. The Labute approximate surface area is 172 Å². The Morgan fingerprint density at radius 1 is 0.667 bits per heavy atom. The number of fused-ring (bicyclic) bond motifs is 3. The summed E-state index contributed by atoms with van der Waals surface area (Å²) in [6.07, 6.45) is 0. The molecule has 2 heterocycles. The molecule has 1 N–H and O–H groups in total. The normalized spacial score (nSPS) is 11.3. The highest BCUT2D eigenvalue weighted by atomic mass is 15.5. The van der Waals surface area contributed by atoms with Crippen LogP contribution in [0.15, 0.2) is 97.1 Å². The van der Waals surface area contributed by atoms with Gasteiger partial charge in [-0.25, -0.2) is 0 Å². The third-order valence-electron chi connectivity index (χ3n) is 5.49. The Hall–Kier alpha value is -4.25. The molecule has 0 radical (unpaired) electrons. The van der Waals surface area contributed by atoms with Gasteiger partial charge in [0.1, 0.15) is 0 Å². The number of hydrogen-bond donors (Lipinski definition) is 1. The highest BCUT2D eigenvalue weighted by Crippen LogP contribution is 2.36. The van der Waals surface area contributed by atoms with Gasteiger partial charge in [-0.3, -0.25) is 0 Å². The maximum Gasteiger partial charge on any atom is 0.204 e. The minimum Gasteiger partial charge on any atom is -0.309 e. The van der Waals surface area contributed by atoms with Gasteiger partial charge in [0.25, 0.3) is 0 Å². The van der Waals surface area contributed by atoms with E-state index < -0.39 is 0 Å². The van der Waals surface area contributed by atoms with E-state index in [0.717, 1.165) is 22.5 Å². The van der Waals surface area contributed by atoms with E-state index in [0.29, 0.717) is 5.82 Å². The van der Waals surface area contributed by atoms with Crippen LogP contribution in [0.1, 0.15) is 0 Å². The third kappa shape index (κ3) is 2.60. The fourth-order valence-corrected chi connectivity index (χ4v) is 4.13. The second-order valence-corrected chi connectivity index (χ2v) is 7.24. The number of aromatic nitrogens is 5. The van der Waals surface area contributed by atoms with E-state index >= 15 is 0 Å². The molecule has 0 spiro atoms. The van der Waals surface area contributed by atoms with Crippen molar-refractivity contribution in [1.82, 2.24) is 25.2 Å². The first-order valence-corrected chi connectivity index (χ1v) is 9.81. The third-order valence-corrected chi connectivity index (χ3v) is 5.49. The van der Waals surface area contributed by atoms with Crippen LogP contribution < -0.4 is 0 Å². The van der Waals surface area contributed by atoms with E-state index in [1.165, 1.54) is 21.7 Å². The molecule has 0 amide bonds. The van der Waals surface area contributed by atoms with Gasteiger partial charge in [0.2, 0.25) is 5.82 Å². The summed E-state index contributed by atoms with van der Waals surface area (Å²) in [4.78, 5) is 0. The molecule has 0 aliphatic carbocycles. The summed E-state index contributed by atoms with van der Waals surface area (Å²) >= 11 is 0. The summed E-state index contributed by atoms with van der Waals surface area (Å²) in [5, 5.41) is 18.2. The maximum absolute atomic E-state index is 4.14. The number of aromatic amines is 1. The molecule has 6 aromatic rings. The van der Waals surface area contributed by atoms with Crippen molar-refractivity contribution in [2.45, 2.75) is 0 Å². The van der Waals surface area contributed by atoms with Crippen LogP contribution in [-0.2, 0) is 0 Å². The summed E-state index contributed by atoms with van der Waals surface area (Å²) in [6, 6.07) is 33.9. The molecule has 0 saturated carbocycles. The van der Waals surface area contributed by atoms with Gasteiger partial charge in [-0.15, -0.1) is 10.2 Å². The number of benzene rings is 4. The van der Waals surface area contributed by atoms with Gasteiger partial charge in [-0.2, -0.15) is 5.21 Å². The summed E-state index contributed by atoms with van der Waals surface area (Å²) in [5.41, 5.74) is 5.46. The molecule has 0 aliphatic heterocycles. The fourth-order valence-electron chi connectivity index (χ4n) is 4.13. The number of tetrazole rings is 1. The van der Waals surface area contributed by atoms with Crippen LogP contribution in [0.3, 0.4) is 0 Å². The van der Waals surface area contributed by atoms with Gasteiger partial charge < -0.3 is 4.57 Å². The molecule has 5 nitrogen and oxygen atoms in total. The van der Waals surface area contributed by atoms with Crippen LogP contribution in [0.5, 0.6) is 0 Å². The van der Waals surface area contributed by atoms with E-state index in [1.807, 2.05) is 18.2 Å². The van der Waals surface area contributed by atoms with Gasteiger partial charge in [-0.05, 0) is 45.8 Å². The van der Waals surface area contributed by atoms with Crippen LogP contribution >= 0.6 is 0 Å². The molecule has 0 saturated heterocycles. The molecular weight excluding hydrogens is 370 g/mol. The standard InChI is InChI=1S/C25H17N5/c1-2-8-18(9-3-1)24-16-22-21-12-5-4-7-17(21)13-14-23(22)30(24)20-11-6-10-19(15-20)25-26-28-29-27-25/h1-16H,(H,26,27,28,29). The highest BCUT2D eigenvalue weighted by molar-refractivity contribution is 6.09. The zero-order valence-electron chi connectivity index (χ0n) is 16.0. The summed E-state index contributed by atoms with van der Waals surface area (Å²) < 4.78 is 2.31. The Morgan fingerprint density at radius 2 is 1.50 bits per heavy atom. The van der Waals surface area contributed by atoms with Crippen LogP contribution in [0.2, 0.25) is 0 Å². The van der Waals surface area contributed by atoms with E-state index in [1.54, 1.807) is 0 Å². The van der Waals surface area contributed by atoms with Gasteiger partial charge in [0.15, 0.2) is 0 Å². The average molecular weight is 387 g/mol. The van der Waals surface area contributed by atoms with E-state index in [4.69, 9.17) is 0 Å². The maximum atomic E-state index is 4.14. The van der Waals surface area contributed by atoms with Crippen molar-refractivity contribution < 1.29 is 0 Å². The highest BCUT2D eigenvalue weighted by Gasteiger charge is 2.15. The number of rotatable bonds is 3. The first-order valence-electron chi connectivity index (χ1n) is 9.81. The largest absolute Gasteiger partial charge is 0.309 e. The molecule has 0 atom stereocenters. The molecule has 0 unspecified atom stereocenters. The molecule has 2 aromatic heterocycles. The molecular formula is C25H17N5. The van der Waals surface area contributed by atoms with Crippen molar-refractivity contribution >= 4 is 21.7 Å². The number of nitrogens with one attached hydrogen (secondary N) is 1. The summed E-state index contributed by atoms with van der Waals surface area (Å²) in [7, 11) is 0. The second-order valence-electron chi connectivity index (χ2n) is 7.24. The van der Waals surface area contributed by atoms with E-state index in [-0.39, 0.29) is 0 Å². The van der Waals surface area contributed by atoms with Crippen LogP contribution in [-0.4, -0.2) is 25.2 Å². The minimum absolute atomic E-state index is 0.583. The minimum atomic E-state index is 0.583. The van der Waals surface area contributed by atoms with Gasteiger partial charge in [0, 0.05) is 16.6 Å². The second kappa shape index (κ2) is 6.67. The topological polar surface area (TPSA) is 59.4 Å². The molecule has 6 rings (SSSR count). The van der Waals surface area contributed by atoms with Crippen molar-refractivity contribution in [3.8, 4) is 28.3 Å². The quantitative estimate of drug-likeness (QED) is 0.428. The average Bonchev–Trinajstić information content (AvgIpc) is 3.48. The van der Waals surface area contributed by atoms with Gasteiger partial charge in [0.05, 0.1) is 11.2 Å². The van der Waals surface area contributed by atoms with Crippen molar-refractivity contribution in [1.29, 1.82) is 0 Å². The zero-order valence-corrected chi connectivity index (χ0v) is 16.0. The Morgan fingerprint density at radius 3 is 2.37 bits per heavy atom. The van der Waals surface area contributed by atoms with E-state index in [2.05, 4.69) is 104 Å². The van der Waals surface area contributed by atoms with Gasteiger partial charge in [-0.1, -0.05) is 72.8 Å².